The Morgan fingerprint density at radius 1 is 1.53 bits per heavy atom. The summed E-state index contributed by atoms with van der Waals surface area (Å²) in [5.74, 6) is -0.429. The van der Waals surface area contributed by atoms with Crippen LogP contribution in [0.5, 0.6) is 0 Å². The molecule has 2 amide bonds. The molecule has 0 saturated heterocycles. The number of aromatic nitrogens is 1. The first-order valence-electron chi connectivity index (χ1n) is 4.44. The molecular weight excluding hydrogens is 294 g/mol. The van der Waals surface area contributed by atoms with Crippen LogP contribution in [-0.4, -0.2) is 41.3 Å². The Hall–Kier alpha value is -1.67. The molecular formula is C9H10BrN3O4. The van der Waals surface area contributed by atoms with Gasteiger partial charge in [0.2, 0.25) is 0 Å². The zero-order valence-electron chi connectivity index (χ0n) is 9.10. The Kier molecular flexibility index (Phi) is 4.41. The number of nitrogens with zero attached hydrogens (tertiary/aromatic N) is 2. The van der Waals surface area contributed by atoms with E-state index in [-0.39, 0.29) is 11.5 Å². The van der Waals surface area contributed by atoms with Gasteiger partial charge in [0.15, 0.2) is 0 Å². The summed E-state index contributed by atoms with van der Waals surface area (Å²) in [4.78, 5) is 30.8. The maximum Gasteiger partial charge on any atom is 0.410 e. The van der Waals surface area contributed by atoms with Crippen molar-refractivity contribution < 1.29 is 19.5 Å². The molecule has 0 spiro atoms. The number of carbonyl (C=O) groups excluding carboxylic acids is 1. The first-order chi connectivity index (χ1) is 7.95. The van der Waals surface area contributed by atoms with Crippen molar-refractivity contribution in [3.63, 3.8) is 0 Å². The van der Waals surface area contributed by atoms with Gasteiger partial charge in [0.1, 0.15) is 11.5 Å². The number of halogens is 1. The molecule has 0 bridgehead atoms. The number of hydrogen-bond donors (Lipinski definition) is 2. The Morgan fingerprint density at radius 2 is 2.18 bits per heavy atom. The van der Waals surface area contributed by atoms with E-state index in [0.29, 0.717) is 4.47 Å². The third kappa shape index (κ3) is 3.40. The largest absolute Gasteiger partial charge is 0.465 e. The third-order valence-electron chi connectivity index (χ3n) is 1.84. The number of carbonyl (C=O) groups is 2. The number of carboxylic acid groups (broad SMARTS) is 1. The molecule has 1 heterocycles. The van der Waals surface area contributed by atoms with Crippen LogP contribution in [0, 0.1) is 0 Å². The van der Waals surface area contributed by atoms with Crippen LogP contribution < -0.4 is 5.32 Å². The van der Waals surface area contributed by atoms with E-state index in [9.17, 15) is 9.59 Å². The second kappa shape index (κ2) is 5.60. The Balaban J connectivity index is 3.06. The van der Waals surface area contributed by atoms with Gasteiger partial charge in [-0.2, -0.15) is 0 Å². The van der Waals surface area contributed by atoms with Crippen LogP contribution in [0.2, 0.25) is 0 Å². The van der Waals surface area contributed by atoms with Gasteiger partial charge in [-0.15, -0.1) is 0 Å². The summed E-state index contributed by atoms with van der Waals surface area (Å²) in [6.07, 6.45) is -1.25. The molecule has 7 nitrogen and oxygen atoms in total. The van der Waals surface area contributed by atoms with E-state index >= 15 is 0 Å². The minimum Gasteiger partial charge on any atom is -0.465 e. The summed E-state index contributed by atoms with van der Waals surface area (Å²) < 4.78 is 0.447. The Morgan fingerprint density at radius 3 is 2.71 bits per heavy atom. The van der Waals surface area contributed by atoms with Crippen molar-refractivity contribution in [1.29, 1.82) is 0 Å². The van der Waals surface area contributed by atoms with E-state index < -0.39 is 12.0 Å². The lowest BCUT2D eigenvalue weighted by molar-refractivity contribution is -0.0761. The lowest BCUT2D eigenvalue weighted by Crippen LogP contribution is -2.27. The van der Waals surface area contributed by atoms with Gasteiger partial charge >= 0.3 is 6.09 Å². The quantitative estimate of drug-likeness (QED) is 0.827. The monoisotopic (exact) mass is 303 g/mol. The van der Waals surface area contributed by atoms with E-state index in [1.165, 1.54) is 26.3 Å². The second-order valence-electron chi connectivity index (χ2n) is 2.94. The van der Waals surface area contributed by atoms with Gasteiger partial charge in [-0.05, 0) is 28.1 Å². The molecule has 0 aliphatic heterocycles. The average molecular weight is 304 g/mol. The predicted octanol–water partition coefficient (Wildman–Crippen LogP) is 1.57. The minimum atomic E-state index is -1.25. The van der Waals surface area contributed by atoms with Crippen molar-refractivity contribution in [2.75, 3.05) is 19.5 Å². The van der Waals surface area contributed by atoms with Gasteiger partial charge in [0, 0.05) is 11.5 Å². The van der Waals surface area contributed by atoms with Gasteiger partial charge in [0.25, 0.3) is 5.91 Å². The molecule has 0 unspecified atom stereocenters. The molecule has 0 fully saturated rings. The number of nitrogens with one attached hydrogen (secondary N) is 1. The number of hydrogen-bond acceptors (Lipinski definition) is 4. The minimum absolute atomic E-state index is 0.0561. The highest BCUT2D eigenvalue weighted by Crippen LogP contribution is 2.18. The van der Waals surface area contributed by atoms with Gasteiger partial charge in [-0.25, -0.2) is 14.8 Å². The number of anilines is 1. The van der Waals surface area contributed by atoms with Gasteiger partial charge in [-0.1, -0.05) is 0 Å². The molecule has 1 aromatic rings. The van der Waals surface area contributed by atoms with Crippen molar-refractivity contribution in [2.45, 2.75) is 0 Å². The van der Waals surface area contributed by atoms with Gasteiger partial charge < -0.3 is 5.11 Å². The smallest absolute Gasteiger partial charge is 0.410 e. The fourth-order valence-corrected chi connectivity index (χ4v) is 1.39. The van der Waals surface area contributed by atoms with Crippen molar-refractivity contribution in [1.82, 2.24) is 10.0 Å². The highest BCUT2D eigenvalue weighted by Gasteiger charge is 2.17. The summed E-state index contributed by atoms with van der Waals surface area (Å²) in [5.41, 5.74) is 0.0561. The van der Waals surface area contributed by atoms with Crippen LogP contribution in [0.4, 0.5) is 10.6 Å². The van der Waals surface area contributed by atoms with Crippen molar-refractivity contribution in [3.8, 4) is 0 Å². The standard InChI is InChI=1S/C9H10BrN3O4/c1-13(17-2)8(14)7-5(10)3-4-6(11-7)12-9(15)16/h3-4H,1-2H3,(H,11,12)(H,15,16). The summed E-state index contributed by atoms with van der Waals surface area (Å²) in [7, 11) is 2.76. The summed E-state index contributed by atoms with van der Waals surface area (Å²) in [6, 6.07) is 2.96. The van der Waals surface area contributed by atoms with E-state index in [0.717, 1.165) is 5.06 Å². The van der Waals surface area contributed by atoms with Gasteiger partial charge in [-0.3, -0.25) is 14.9 Å². The molecule has 1 rings (SSSR count). The zero-order valence-corrected chi connectivity index (χ0v) is 10.7. The predicted molar refractivity (Wildman–Crippen MR) is 62.7 cm³/mol. The molecule has 1 aromatic heterocycles. The van der Waals surface area contributed by atoms with Crippen LogP contribution in [0.25, 0.3) is 0 Å². The van der Waals surface area contributed by atoms with Crippen molar-refractivity contribution in [3.05, 3.63) is 22.3 Å². The van der Waals surface area contributed by atoms with Crippen LogP contribution in [-0.2, 0) is 4.84 Å². The Labute approximate surface area is 105 Å². The molecule has 92 valence electrons. The highest BCUT2D eigenvalue weighted by molar-refractivity contribution is 9.10. The molecule has 0 aliphatic carbocycles. The SMILES string of the molecule is CON(C)C(=O)c1nc(NC(=O)O)ccc1Br. The first-order valence-corrected chi connectivity index (χ1v) is 5.23. The lowest BCUT2D eigenvalue weighted by Gasteiger charge is -2.14. The summed E-state index contributed by atoms with van der Waals surface area (Å²) in [5, 5.41) is 11.6. The zero-order chi connectivity index (χ0) is 13.0. The third-order valence-corrected chi connectivity index (χ3v) is 2.48. The number of rotatable bonds is 3. The van der Waals surface area contributed by atoms with E-state index in [4.69, 9.17) is 9.94 Å². The summed E-state index contributed by atoms with van der Waals surface area (Å²) >= 11 is 3.15. The van der Waals surface area contributed by atoms with Crippen LogP contribution in [0.1, 0.15) is 10.5 Å². The van der Waals surface area contributed by atoms with Crippen LogP contribution >= 0.6 is 15.9 Å². The normalized spacial score (nSPS) is 9.82. The fraction of sp³-hybridized carbons (Fsp3) is 0.222. The van der Waals surface area contributed by atoms with E-state index in [1.54, 1.807) is 0 Å². The maximum absolute atomic E-state index is 11.8. The number of pyridine rings is 1. The lowest BCUT2D eigenvalue weighted by atomic mass is 10.3. The number of hydroxylamine groups is 2. The average Bonchev–Trinajstić information content (AvgIpc) is 2.29. The second-order valence-corrected chi connectivity index (χ2v) is 3.80. The molecule has 0 radical (unpaired) electrons. The molecule has 0 aliphatic rings. The van der Waals surface area contributed by atoms with Crippen molar-refractivity contribution >= 4 is 33.7 Å². The molecule has 2 N–H and O–H groups in total. The molecule has 17 heavy (non-hydrogen) atoms. The molecule has 8 heteroatoms. The maximum atomic E-state index is 11.8. The topological polar surface area (TPSA) is 91.8 Å². The highest BCUT2D eigenvalue weighted by atomic mass is 79.9. The van der Waals surface area contributed by atoms with E-state index in [1.807, 2.05) is 0 Å². The first kappa shape index (κ1) is 13.4. The molecule has 0 saturated carbocycles. The van der Waals surface area contributed by atoms with E-state index in [2.05, 4.69) is 26.2 Å². The molecule has 0 atom stereocenters. The summed E-state index contributed by atoms with van der Waals surface area (Å²) in [6.45, 7) is 0. The Bertz CT molecular complexity index is 452. The van der Waals surface area contributed by atoms with Crippen molar-refractivity contribution in [2.24, 2.45) is 0 Å². The van der Waals surface area contributed by atoms with Crippen LogP contribution in [0.3, 0.4) is 0 Å². The fourth-order valence-electron chi connectivity index (χ4n) is 1.00. The van der Waals surface area contributed by atoms with Crippen LogP contribution in [0.15, 0.2) is 16.6 Å². The van der Waals surface area contributed by atoms with Gasteiger partial charge in [0.05, 0.1) is 7.11 Å². The number of amides is 2. The molecule has 0 aromatic carbocycles.